The first-order chi connectivity index (χ1) is 30.0. The second-order valence-electron chi connectivity index (χ2n) is 14.9. The molecule has 7 N–H and O–H groups in total. The summed E-state index contributed by atoms with van der Waals surface area (Å²) in [7, 11) is -4.76. The molecule has 2 aromatic heterocycles. The summed E-state index contributed by atoms with van der Waals surface area (Å²) in [6, 6.07) is 4.88. The van der Waals surface area contributed by atoms with Crippen LogP contribution >= 0.6 is 0 Å². The first-order valence-corrected chi connectivity index (χ1v) is 24.8. The highest BCUT2D eigenvalue weighted by atomic mass is 32.2. The van der Waals surface area contributed by atoms with Crippen LogP contribution in [0.4, 0.5) is 26.4 Å². The number of carbonyl (C=O) groups excluding carboxylic acids is 2. The predicted octanol–water partition coefficient (Wildman–Crippen LogP) is 2.82. The Morgan fingerprint density at radius 3 is 1.56 bits per heavy atom. The molecule has 2 aromatic carbocycles. The molecule has 2 saturated heterocycles. The third-order valence-corrected chi connectivity index (χ3v) is 13.9. The van der Waals surface area contributed by atoms with E-state index >= 15 is 0 Å². The predicted molar refractivity (Wildman–Crippen MR) is 239 cm³/mol. The zero-order valence-electron chi connectivity index (χ0n) is 36.6. The monoisotopic (exact) mass is 952 g/mol. The average molecular weight is 953 g/mol. The molecule has 350 valence electrons. The fourth-order valence-corrected chi connectivity index (χ4v) is 9.16. The van der Waals surface area contributed by atoms with E-state index in [-0.39, 0.29) is 68.6 Å². The lowest BCUT2D eigenvalue weighted by atomic mass is 10.0. The van der Waals surface area contributed by atoms with Gasteiger partial charge < -0.3 is 32.0 Å². The summed E-state index contributed by atoms with van der Waals surface area (Å²) in [5, 5.41) is 3.18. The SMILES string of the molecule is CCS(=O)c1ncc(C(=O)c2cc(F)cc(C)c2OC)c(N)n1.COc1c(C)cc(F)cc1C(=O)c1cnc(NC2CCN(S(C)(=O)=O)CC2)nc1N.CS(=O)(=O)N1CCC(N)CC1. The van der Waals surface area contributed by atoms with Gasteiger partial charge in [0.05, 0.1) is 59.8 Å². The maximum absolute atomic E-state index is 13.8. The van der Waals surface area contributed by atoms with Gasteiger partial charge in [-0.05, 0) is 74.9 Å². The maximum atomic E-state index is 13.8. The number of piperidine rings is 2. The molecule has 1 unspecified atom stereocenters. The lowest BCUT2D eigenvalue weighted by Gasteiger charge is -2.30. The molecule has 19 nitrogen and oxygen atoms in total. The molecule has 0 spiro atoms. The molecule has 4 heterocycles. The topological polar surface area (TPSA) is 286 Å². The van der Waals surface area contributed by atoms with E-state index in [1.165, 1.54) is 59.9 Å². The van der Waals surface area contributed by atoms with Crippen LogP contribution in [0.1, 0.15) is 75.6 Å². The molecule has 0 amide bonds. The van der Waals surface area contributed by atoms with Crippen molar-refractivity contribution in [3.63, 3.8) is 0 Å². The van der Waals surface area contributed by atoms with Gasteiger partial charge in [0.1, 0.15) is 34.8 Å². The van der Waals surface area contributed by atoms with Crippen molar-refractivity contribution in [3.8, 4) is 11.5 Å². The summed E-state index contributed by atoms with van der Waals surface area (Å²) < 4.78 is 97.6. The number of nitrogens with zero attached hydrogens (tertiary/aromatic N) is 6. The van der Waals surface area contributed by atoms with Gasteiger partial charge in [0.15, 0.2) is 0 Å². The minimum absolute atomic E-state index is 0.00477. The minimum Gasteiger partial charge on any atom is -0.496 e. The van der Waals surface area contributed by atoms with E-state index in [1.807, 2.05) is 0 Å². The highest BCUT2D eigenvalue weighted by Crippen LogP contribution is 2.30. The van der Waals surface area contributed by atoms with Crippen LogP contribution in [0.2, 0.25) is 0 Å². The number of ketones is 2. The Labute approximate surface area is 374 Å². The van der Waals surface area contributed by atoms with E-state index < -0.39 is 54.0 Å². The number of anilines is 3. The standard InChI is InChI=1S/C19H24FN5O4S.C15H16FN3O3S.C6H14N2O2S/c1-11-8-12(20)9-14(17(11)29-2)16(26)15-10-22-19(24-18(15)21)23-13-4-6-25(7-5-13)30(3,27)28;1-4-23(21)15-18-7-11(14(17)19-15)12(20)10-6-9(16)5-8(2)13(10)22-3;1-11(9,10)8-4-2-6(7)3-5-8/h8-10,13H,4-7H2,1-3H3,(H3,21,22,23,24);5-7H,4H2,1-3H3,(H2,17,18,19);6H,2-5,7H2,1H3. The highest BCUT2D eigenvalue weighted by molar-refractivity contribution is 7.88. The average Bonchev–Trinajstić information content (AvgIpc) is 3.22. The Morgan fingerprint density at radius 2 is 1.17 bits per heavy atom. The van der Waals surface area contributed by atoms with Gasteiger partial charge in [0.2, 0.25) is 42.7 Å². The largest absolute Gasteiger partial charge is 0.496 e. The van der Waals surface area contributed by atoms with Crippen LogP contribution in [0.3, 0.4) is 0 Å². The zero-order chi connectivity index (χ0) is 47.7. The third-order valence-electron chi connectivity index (χ3n) is 10.2. The van der Waals surface area contributed by atoms with E-state index in [2.05, 4.69) is 25.3 Å². The summed E-state index contributed by atoms with van der Waals surface area (Å²) in [6.45, 7) is 6.96. The molecule has 64 heavy (non-hydrogen) atoms. The lowest BCUT2D eigenvalue weighted by Crippen LogP contribution is -2.42. The maximum Gasteiger partial charge on any atom is 0.224 e. The molecular weight excluding hydrogens is 899 g/mol. The van der Waals surface area contributed by atoms with Gasteiger partial charge in [0, 0.05) is 56.4 Å². The van der Waals surface area contributed by atoms with Crippen LogP contribution < -0.4 is 32.0 Å². The number of hydrogen-bond donors (Lipinski definition) is 4. The number of ether oxygens (including phenoxy) is 2. The number of rotatable bonds is 12. The Hall–Kier alpha value is -5.27. The number of halogens is 2. The lowest BCUT2D eigenvalue weighted by molar-refractivity contribution is 0.102. The van der Waals surface area contributed by atoms with Crippen LogP contribution in [0.15, 0.2) is 41.8 Å². The summed E-state index contributed by atoms with van der Waals surface area (Å²) in [5.41, 5.74) is 18.5. The van der Waals surface area contributed by atoms with Crippen LogP contribution in [-0.2, 0) is 30.8 Å². The van der Waals surface area contributed by atoms with Crippen molar-refractivity contribution in [2.45, 2.75) is 63.7 Å². The normalized spacial score (nSPS) is 15.8. The molecule has 0 radical (unpaired) electrons. The van der Waals surface area contributed by atoms with Crippen molar-refractivity contribution in [2.24, 2.45) is 5.73 Å². The first-order valence-electron chi connectivity index (χ1n) is 19.8. The van der Waals surface area contributed by atoms with Crippen molar-refractivity contribution in [1.29, 1.82) is 0 Å². The molecule has 24 heteroatoms. The second kappa shape index (κ2) is 22.1. The zero-order valence-corrected chi connectivity index (χ0v) is 39.0. The smallest absolute Gasteiger partial charge is 0.224 e. The van der Waals surface area contributed by atoms with Gasteiger partial charge in [-0.3, -0.25) is 13.8 Å². The van der Waals surface area contributed by atoms with Gasteiger partial charge >= 0.3 is 0 Å². The number of methoxy groups -OCH3 is 2. The van der Waals surface area contributed by atoms with Crippen molar-refractivity contribution in [3.05, 3.63) is 81.7 Å². The van der Waals surface area contributed by atoms with Crippen LogP contribution in [0.5, 0.6) is 11.5 Å². The molecule has 2 fully saturated rings. The number of sulfonamides is 2. The summed E-state index contributed by atoms with van der Waals surface area (Å²) in [4.78, 5) is 41.6. The molecule has 0 saturated carbocycles. The van der Waals surface area contributed by atoms with E-state index in [0.717, 1.165) is 25.0 Å². The van der Waals surface area contributed by atoms with E-state index in [9.17, 15) is 39.4 Å². The molecule has 6 rings (SSSR count). The van der Waals surface area contributed by atoms with E-state index in [1.54, 1.807) is 20.8 Å². The van der Waals surface area contributed by atoms with Gasteiger partial charge in [-0.15, -0.1) is 0 Å². The molecule has 1 atom stereocenters. The highest BCUT2D eigenvalue weighted by Gasteiger charge is 2.27. The summed E-state index contributed by atoms with van der Waals surface area (Å²) in [5.74, 6) is -1.27. The molecule has 2 aliphatic rings. The fourth-order valence-electron chi connectivity index (χ4n) is 6.78. The van der Waals surface area contributed by atoms with Crippen molar-refractivity contribution < 1.29 is 48.9 Å². The summed E-state index contributed by atoms with van der Waals surface area (Å²) >= 11 is 0. The van der Waals surface area contributed by atoms with Crippen LogP contribution in [0.25, 0.3) is 0 Å². The summed E-state index contributed by atoms with van der Waals surface area (Å²) in [6.07, 6.45) is 7.68. The van der Waals surface area contributed by atoms with Crippen molar-refractivity contribution >= 4 is 60.0 Å². The Bertz CT molecular complexity index is 2590. The second-order valence-corrected chi connectivity index (χ2v) is 20.5. The van der Waals surface area contributed by atoms with Gasteiger partial charge in [-0.25, -0.2) is 49.2 Å². The first kappa shape index (κ1) is 51.4. The van der Waals surface area contributed by atoms with Crippen LogP contribution in [0, 0.1) is 25.5 Å². The van der Waals surface area contributed by atoms with Gasteiger partial charge in [-0.1, -0.05) is 6.92 Å². The molecular formula is C40H54F2N10O9S3. The number of aryl methyl sites for hydroxylation is 2. The number of nitrogens with two attached hydrogens (primary N) is 3. The Morgan fingerprint density at radius 1 is 0.750 bits per heavy atom. The molecule has 0 bridgehead atoms. The Balaban J connectivity index is 0.000000232. The number of hydrogen-bond acceptors (Lipinski definition) is 17. The molecule has 2 aliphatic heterocycles. The van der Waals surface area contributed by atoms with Crippen LogP contribution in [-0.4, -0.2) is 132 Å². The van der Waals surface area contributed by atoms with Gasteiger partial charge in [-0.2, -0.15) is 4.98 Å². The number of benzene rings is 2. The molecule has 4 aromatic rings. The number of nitrogen functional groups attached to an aromatic ring is 2. The van der Waals surface area contributed by atoms with E-state index in [4.69, 9.17) is 26.7 Å². The number of carbonyl (C=O) groups is 2. The molecule has 0 aliphatic carbocycles. The Kier molecular flexibility index (Phi) is 17.7. The quantitative estimate of drug-likeness (QED) is 0.117. The number of nitrogens with one attached hydrogen (secondary N) is 1. The van der Waals surface area contributed by atoms with E-state index in [0.29, 0.717) is 55.9 Å². The minimum atomic E-state index is -3.20. The van der Waals surface area contributed by atoms with Gasteiger partial charge in [0.25, 0.3) is 0 Å². The number of aromatic nitrogens is 4. The third kappa shape index (κ3) is 13.4. The fraction of sp³-hybridized carbons (Fsp3) is 0.450. The van der Waals surface area contributed by atoms with Crippen molar-refractivity contribution in [2.75, 3.05) is 75.4 Å². The van der Waals surface area contributed by atoms with Crippen molar-refractivity contribution in [1.82, 2.24) is 28.5 Å².